The number of alkyl halides is 3. The zero-order valence-electron chi connectivity index (χ0n) is 21.1. The van der Waals surface area contributed by atoms with Crippen LogP contribution in [0.2, 0.25) is 5.02 Å². The highest BCUT2D eigenvalue weighted by molar-refractivity contribution is 6.30. The van der Waals surface area contributed by atoms with E-state index in [-0.39, 0.29) is 18.7 Å². The molecule has 1 aromatic heterocycles. The number of fused-ring (bicyclic) bond motifs is 1. The maximum atomic E-state index is 13.7. The van der Waals surface area contributed by atoms with Crippen molar-refractivity contribution in [1.82, 2.24) is 4.57 Å². The van der Waals surface area contributed by atoms with Crippen LogP contribution in [0.1, 0.15) is 47.4 Å². The van der Waals surface area contributed by atoms with Gasteiger partial charge in [-0.3, -0.25) is 4.79 Å². The van der Waals surface area contributed by atoms with E-state index in [9.17, 15) is 27.9 Å². The normalized spacial score (nSPS) is 12.4. The van der Waals surface area contributed by atoms with Crippen molar-refractivity contribution < 1.29 is 37.3 Å². The molecular formula is C29H25ClF3NO5. The van der Waals surface area contributed by atoms with E-state index >= 15 is 0 Å². The molecule has 1 atom stereocenters. The van der Waals surface area contributed by atoms with Crippen LogP contribution in [0.15, 0.2) is 66.7 Å². The van der Waals surface area contributed by atoms with Crippen molar-refractivity contribution in [3.05, 3.63) is 94.1 Å². The molecule has 0 aliphatic carbocycles. The van der Waals surface area contributed by atoms with Gasteiger partial charge in [-0.1, -0.05) is 37.6 Å². The fraction of sp³-hybridized carbons (Fsp3) is 0.241. The molecule has 0 unspecified atom stereocenters. The van der Waals surface area contributed by atoms with Gasteiger partial charge in [0, 0.05) is 34.3 Å². The standard InChI is InChI=1S/C29H25ClF3NO5/c1-3-23-26(27(35)18-8-10-19(30)11-9-18)22-13-12-21(39-29(31,32)33)15-24(22)34(23)16-17-6-5-7-20(14-17)38-25(4-2)28(36)37/h5-15,25H,3-4,16H2,1-2H3,(H,36,37)/t25-/m0/s1. The minimum Gasteiger partial charge on any atom is -0.479 e. The van der Waals surface area contributed by atoms with Crippen molar-refractivity contribution in [2.24, 2.45) is 0 Å². The van der Waals surface area contributed by atoms with Crippen molar-refractivity contribution >= 4 is 34.3 Å². The van der Waals surface area contributed by atoms with Crippen LogP contribution in [0.3, 0.4) is 0 Å². The molecule has 0 saturated carbocycles. The second-order valence-corrected chi connectivity index (χ2v) is 9.26. The Kier molecular flexibility index (Phi) is 8.20. The van der Waals surface area contributed by atoms with Crippen molar-refractivity contribution in [1.29, 1.82) is 0 Å². The van der Waals surface area contributed by atoms with Gasteiger partial charge in [0.15, 0.2) is 11.9 Å². The summed E-state index contributed by atoms with van der Waals surface area (Å²) in [7, 11) is 0. The van der Waals surface area contributed by atoms with Crippen LogP contribution in [0.4, 0.5) is 13.2 Å². The molecule has 6 nitrogen and oxygen atoms in total. The quantitative estimate of drug-likeness (QED) is 0.207. The highest BCUT2D eigenvalue weighted by Gasteiger charge is 2.32. The number of carbonyl (C=O) groups is 2. The topological polar surface area (TPSA) is 77.8 Å². The van der Waals surface area contributed by atoms with Crippen molar-refractivity contribution in [3.63, 3.8) is 0 Å². The van der Waals surface area contributed by atoms with Gasteiger partial charge in [0.05, 0.1) is 11.1 Å². The van der Waals surface area contributed by atoms with Crippen LogP contribution in [0.5, 0.6) is 11.5 Å². The molecule has 204 valence electrons. The van der Waals surface area contributed by atoms with E-state index in [0.29, 0.717) is 50.5 Å². The monoisotopic (exact) mass is 559 g/mol. The number of carboxylic acids is 1. The average Bonchev–Trinajstić information content (AvgIpc) is 3.18. The molecule has 0 aliphatic heterocycles. The third-order valence-corrected chi connectivity index (χ3v) is 6.46. The molecule has 3 aromatic carbocycles. The van der Waals surface area contributed by atoms with Gasteiger partial charge in [-0.2, -0.15) is 0 Å². The largest absolute Gasteiger partial charge is 0.573 e. The van der Waals surface area contributed by atoms with E-state index in [1.165, 1.54) is 18.2 Å². The lowest BCUT2D eigenvalue weighted by atomic mass is 9.99. The second-order valence-electron chi connectivity index (χ2n) is 8.82. The molecule has 0 saturated heterocycles. The lowest BCUT2D eigenvalue weighted by Crippen LogP contribution is -2.25. The highest BCUT2D eigenvalue weighted by atomic mass is 35.5. The van der Waals surface area contributed by atoms with E-state index in [0.717, 1.165) is 0 Å². The van der Waals surface area contributed by atoms with Crippen molar-refractivity contribution in [2.75, 3.05) is 0 Å². The van der Waals surface area contributed by atoms with Gasteiger partial charge < -0.3 is 19.1 Å². The molecule has 0 radical (unpaired) electrons. The summed E-state index contributed by atoms with van der Waals surface area (Å²) in [6.07, 6.45) is -5.23. The Hall–Kier alpha value is -3.98. The van der Waals surface area contributed by atoms with E-state index in [1.54, 1.807) is 60.0 Å². The highest BCUT2D eigenvalue weighted by Crippen LogP contribution is 2.34. The fourth-order valence-corrected chi connectivity index (χ4v) is 4.62. The zero-order valence-corrected chi connectivity index (χ0v) is 21.8. The smallest absolute Gasteiger partial charge is 0.479 e. The molecule has 10 heteroatoms. The Balaban J connectivity index is 1.84. The van der Waals surface area contributed by atoms with E-state index < -0.39 is 24.2 Å². The summed E-state index contributed by atoms with van der Waals surface area (Å²) in [5.41, 5.74) is 2.47. The number of benzene rings is 3. The van der Waals surface area contributed by atoms with Crippen LogP contribution >= 0.6 is 11.6 Å². The van der Waals surface area contributed by atoms with E-state index in [2.05, 4.69) is 4.74 Å². The first-order valence-electron chi connectivity index (χ1n) is 12.2. The summed E-state index contributed by atoms with van der Waals surface area (Å²) in [6, 6.07) is 17.1. The number of rotatable bonds is 10. The van der Waals surface area contributed by atoms with Gasteiger partial charge in [0.25, 0.3) is 0 Å². The molecule has 4 rings (SSSR count). The van der Waals surface area contributed by atoms with Gasteiger partial charge in [-0.05, 0) is 66.9 Å². The van der Waals surface area contributed by atoms with Gasteiger partial charge in [-0.25, -0.2) is 4.79 Å². The van der Waals surface area contributed by atoms with E-state index in [1.807, 2.05) is 6.92 Å². The van der Waals surface area contributed by atoms with Crippen molar-refractivity contribution in [3.8, 4) is 11.5 Å². The zero-order chi connectivity index (χ0) is 28.3. The van der Waals surface area contributed by atoms with E-state index in [4.69, 9.17) is 16.3 Å². The Morgan fingerprint density at radius 3 is 2.33 bits per heavy atom. The SMILES string of the molecule is CCc1c(C(=O)c2ccc(Cl)cc2)c2ccc(OC(F)(F)F)cc2n1Cc1cccc(O[C@@H](CC)C(=O)O)c1. The van der Waals surface area contributed by atoms with Crippen LogP contribution in [0, 0.1) is 0 Å². The average molecular weight is 560 g/mol. The van der Waals surface area contributed by atoms with Crippen LogP contribution < -0.4 is 9.47 Å². The third kappa shape index (κ3) is 6.37. The molecule has 1 N–H and O–H groups in total. The predicted molar refractivity (Wildman–Crippen MR) is 141 cm³/mol. The number of ketones is 1. The minimum absolute atomic E-state index is 0.185. The maximum Gasteiger partial charge on any atom is 0.573 e. The third-order valence-electron chi connectivity index (χ3n) is 6.21. The fourth-order valence-electron chi connectivity index (χ4n) is 4.50. The molecule has 0 amide bonds. The van der Waals surface area contributed by atoms with Gasteiger partial charge in [-0.15, -0.1) is 13.2 Å². The number of carboxylic acid groups (broad SMARTS) is 1. The Labute approximate surface area is 227 Å². The first-order valence-corrected chi connectivity index (χ1v) is 12.6. The van der Waals surface area contributed by atoms with Crippen LogP contribution in [-0.2, 0) is 17.8 Å². The molecule has 0 aliphatic rings. The summed E-state index contributed by atoms with van der Waals surface area (Å²) >= 11 is 5.99. The molecule has 0 spiro atoms. The van der Waals surface area contributed by atoms with Gasteiger partial charge in [0.1, 0.15) is 11.5 Å². The maximum absolute atomic E-state index is 13.7. The molecular weight excluding hydrogens is 535 g/mol. The molecule has 0 fully saturated rings. The summed E-state index contributed by atoms with van der Waals surface area (Å²) in [5, 5.41) is 10.3. The van der Waals surface area contributed by atoms with Gasteiger partial charge >= 0.3 is 12.3 Å². The number of hydrogen-bond acceptors (Lipinski definition) is 4. The first-order chi connectivity index (χ1) is 18.5. The molecule has 4 aromatic rings. The number of halogens is 4. The van der Waals surface area contributed by atoms with Crippen molar-refractivity contribution in [2.45, 2.75) is 45.7 Å². The summed E-state index contributed by atoms with van der Waals surface area (Å²) < 4.78 is 50.6. The lowest BCUT2D eigenvalue weighted by Gasteiger charge is -2.15. The molecule has 0 bridgehead atoms. The summed E-state index contributed by atoms with van der Waals surface area (Å²) in [5.74, 6) is -1.45. The molecule has 1 heterocycles. The summed E-state index contributed by atoms with van der Waals surface area (Å²) in [6.45, 7) is 3.74. The van der Waals surface area contributed by atoms with Crippen LogP contribution in [0.25, 0.3) is 10.9 Å². The lowest BCUT2D eigenvalue weighted by molar-refractivity contribution is -0.274. The second kappa shape index (κ2) is 11.4. The number of carbonyl (C=O) groups excluding carboxylic acids is 1. The summed E-state index contributed by atoms with van der Waals surface area (Å²) in [4.78, 5) is 25.1. The number of aliphatic carboxylic acids is 1. The minimum atomic E-state index is -4.88. The number of aromatic nitrogens is 1. The first kappa shape index (κ1) is 28.0. The number of nitrogens with zero attached hydrogens (tertiary/aromatic N) is 1. The Morgan fingerprint density at radius 2 is 1.72 bits per heavy atom. The van der Waals surface area contributed by atoms with Crippen LogP contribution in [-0.4, -0.2) is 33.9 Å². The van der Waals surface area contributed by atoms with Gasteiger partial charge in [0.2, 0.25) is 0 Å². The molecule has 39 heavy (non-hydrogen) atoms. The number of hydrogen-bond donors (Lipinski definition) is 1. The Bertz CT molecular complexity index is 1510. The number of ether oxygens (including phenoxy) is 2. The predicted octanol–water partition coefficient (Wildman–Crippen LogP) is 7.28. The Morgan fingerprint density at radius 1 is 1.00 bits per heavy atom.